The molecule has 6 saturated heterocycles. The predicted octanol–water partition coefficient (Wildman–Crippen LogP) is 10.4. The van der Waals surface area contributed by atoms with Gasteiger partial charge in [0.05, 0.1) is 126 Å². The highest BCUT2D eigenvalue weighted by molar-refractivity contribution is 6.12. The molecule has 1 aliphatic carbocycles. The molecule has 6 unspecified atom stereocenters. The molecular formula is C65H112F3NO20. The molecule has 6 atom stereocenters. The topological polar surface area (TPSA) is 248 Å². The maximum Gasteiger partial charge on any atom is 0.422 e. The number of esters is 3. The van der Waals surface area contributed by atoms with Gasteiger partial charge in [-0.25, -0.2) is 14.4 Å². The van der Waals surface area contributed by atoms with Crippen molar-refractivity contribution in [2.75, 3.05) is 137 Å². The van der Waals surface area contributed by atoms with Crippen LogP contribution in [0.1, 0.15) is 107 Å². The minimum absolute atomic E-state index is 0.0781. The van der Waals surface area contributed by atoms with Crippen molar-refractivity contribution >= 4 is 35.5 Å². The molecule has 0 aromatic heterocycles. The largest absolute Gasteiger partial charge is 0.505 e. The van der Waals surface area contributed by atoms with E-state index in [0.29, 0.717) is 53.8 Å². The van der Waals surface area contributed by atoms with Gasteiger partial charge < -0.3 is 66.3 Å². The number of ether oxygens (including phenoxy) is 14. The average Bonchev–Trinajstić information content (AvgIpc) is 3.32. The molecule has 7 aliphatic heterocycles. The summed E-state index contributed by atoms with van der Waals surface area (Å²) in [6, 6.07) is 0. The Bertz CT molecular complexity index is 1950. The quantitative estimate of drug-likeness (QED) is 0.0235. The number of fused-ring (bicyclic) bond motifs is 1. The standard InChI is InChI=1S/C9H16O.C7H14O.C6H12O2.C5H5F3O2.C5H5NO2.C5H10O2.C5H8O2.C5H8O.C4H8O2.C4H6O2.C4H8O.2C3H6O/c1-2-3-7-4-5-8-9(6-7)10-8;1-3-4-7(2)5-8-6-7;1-6(3-7-2)4-8-5-6;1-3(4(9)10-2)5(6,7)8;1-6-4(7)2-3-5(6)8;1-5(3-6-2)4-7-5;1-4(2)5(6)7-3;1-3-5(6)4-2;1-5-2-4-3-6-4;1-3-4(5)6-2;1-3-4-5-2;1-3-2-4-3;1-3-4-2/h7-9H,2-6H2,1H3;3-6H2,1-2H3;3-5H2,1-2H3;1H2,2H3;2-3H,1H3;3-4H2,1-2H3;1H2,2-3H3;3H,1,4H2,2H3;4H,2-3H2,1H3;3H,1H2,2H3;3H,1,4H2,2H3;3H,2H2,1H3;3H,1H2,2H3. The first-order chi connectivity index (χ1) is 41.8. The summed E-state index contributed by atoms with van der Waals surface area (Å²) in [6.07, 6.45) is 15.8. The van der Waals surface area contributed by atoms with Crippen LogP contribution >= 0.6 is 0 Å². The van der Waals surface area contributed by atoms with Gasteiger partial charge in [0.2, 0.25) is 0 Å². The van der Waals surface area contributed by atoms with E-state index in [0.717, 1.165) is 90.1 Å². The third-order valence-electron chi connectivity index (χ3n) is 12.0. The molecule has 1 saturated carbocycles. The molecule has 0 spiro atoms. The molecule has 21 nitrogen and oxygen atoms in total. The van der Waals surface area contributed by atoms with Crippen molar-refractivity contribution in [1.29, 1.82) is 0 Å². The van der Waals surface area contributed by atoms with Crippen LogP contribution in [0.3, 0.4) is 0 Å². The zero-order valence-electron chi connectivity index (χ0n) is 56.8. The molecule has 0 radical (unpaired) electrons. The molecule has 8 aliphatic rings. The summed E-state index contributed by atoms with van der Waals surface area (Å²) in [7, 11) is 13.2. The third kappa shape index (κ3) is 57.5. The Balaban J connectivity index is -0.000000289. The van der Waals surface area contributed by atoms with Crippen LogP contribution in [0.15, 0.2) is 87.3 Å². The average molecular weight is 1280 g/mol. The number of rotatable bonds is 18. The normalized spacial score (nSPS) is 21.4. The van der Waals surface area contributed by atoms with Crippen molar-refractivity contribution in [2.45, 2.75) is 143 Å². The van der Waals surface area contributed by atoms with Gasteiger partial charge in [-0.15, -0.1) is 6.58 Å². The lowest BCUT2D eigenvalue weighted by molar-refractivity contribution is -0.148. The van der Waals surface area contributed by atoms with E-state index < -0.39 is 23.7 Å². The van der Waals surface area contributed by atoms with Crippen LogP contribution in [-0.4, -0.2) is 213 Å². The van der Waals surface area contributed by atoms with E-state index >= 15 is 0 Å². The number of likely N-dealkylation sites (N-methyl/N-ethyl adjacent to an activating group) is 1. The number of carbonyl (C=O) groups is 6. The maximum absolute atomic E-state index is 11.5. The van der Waals surface area contributed by atoms with Crippen LogP contribution in [0, 0.1) is 16.7 Å². The van der Waals surface area contributed by atoms with Crippen LogP contribution in [0.2, 0.25) is 0 Å². The van der Waals surface area contributed by atoms with Gasteiger partial charge in [0.1, 0.15) is 17.3 Å². The number of epoxide rings is 4. The number of hydrogen-bond acceptors (Lipinski definition) is 20. The monoisotopic (exact) mass is 1280 g/mol. The molecule has 0 N–H and O–H groups in total. The SMILES string of the molecule is C=C(C(=O)OC)C(F)(F)F.C=C(C)C(=O)OC.C=CC(=O)CC.C=CC(=O)OC.C=CCOC.C=COC.CC1CO1.CCCC1(C)COC1.CCCC1CCC2OC2C1.CN1C(=O)C=CC1=O.COCC1(C)CO1.COCC1(C)COC1.COCC1CO1. The maximum atomic E-state index is 11.5. The Labute approximate surface area is 530 Å². The summed E-state index contributed by atoms with van der Waals surface area (Å²) >= 11 is 0. The minimum Gasteiger partial charge on any atom is -0.505 e. The second kappa shape index (κ2) is 55.4. The lowest BCUT2D eigenvalue weighted by Gasteiger charge is -2.37. The van der Waals surface area contributed by atoms with Crippen LogP contribution in [-0.2, 0) is 95.1 Å². The van der Waals surface area contributed by atoms with Gasteiger partial charge in [0.15, 0.2) is 5.78 Å². The highest BCUT2D eigenvalue weighted by Gasteiger charge is 2.43. The fourth-order valence-corrected chi connectivity index (χ4v) is 6.43. The summed E-state index contributed by atoms with van der Waals surface area (Å²) < 4.78 is 100. The van der Waals surface area contributed by atoms with Gasteiger partial charge in [-0.1, -0.05) is 92.9 Å². The van der Waals surface area contributed by atoms with Crippen molar-refractivity contribution in [3.05, 3.63) is 87.3 Å². The Morgan fingerprint density at radius 2 is 1.20 bits per heavy atom. The van der Waals surface area contributed by atoms with Gasteiger partial charge in [-0.3, -0.25) is 19.3 Å². The second-order valence-electron chi connectivity index (χ2n) is 21.4. The Morgan fingerprint density at radius 3 is 1.35 bits per heavy atom. The van der Waals surface area contributed by atoms with E-state index in [1.165, 1.54) is 90.7 Å². The number of nitrogens with zero attached hydrogens (tertiary/aromatic N) is 1. The summed E-state index contributed by atoms with van der Waals surface area (Å²) in [4.78, 5) is 62.1. The number of amides is 2. The summed E-state index contributed by atoms with van der Waals surface area (Å²) in [6.45, 7) is 44.9. The Hall–Kier alpha value is -5.41. The zero-order chi connectivity index (χ0) is 69.7. The molecule has 2 amide bonds. The zero-order valence-corrected chi connectivity index (χ0v) is 56.8. The number of carbonyl (C=O) groups excluding carboxylic acids is 6. The third-order valence-corrected chi connectivity index (χ3v) is 12.0. The molecule has 24 heteroatoms. The number of hydrogen-bond donors (Lipinski definition) is 0. The van der Waals surface area contributed by atoms with Crippen molar-refractivity contribution in [3.63, 3.8) is 0 Å². The highest BCUT2D eigenvalue weighted by Crippen LogP contribution is 2.41. The fraction of sp³-hybridized carbons (Fsp3) is 0.692. The molecule has 7 heterocycles. The first kappa shape index (κ1) is 92.3. The van der Waals surface area contributed by atoms with E-state index in [9.17, 15) is 41.9 Å². The van der Waals surface area contributed by atoms with Crippen molar-refractivity contribution in [1.82, 2.24) is 4.90 Å². The lowest BCUT2D eigenvalue weighted by atomic mass is 9.84. The minimum atomic E-state index is -4.69. The molecule has 7 fully saturated rings. The Morgan fingerprint density at radius 1 is 0.708 bits per heavy atom. The molecule has 8 rings (SSSR count). The first-order valence-electron chi connectivity index (χ1n) is 29.1. The number of allylic oxidation sites excluding steroid dienone is 1. The summed E-state index contributed by atoms with van der Waals surface area (Å²) in [5, 5.41) is 0. The number of alkyl halides is 3. The number of imide groups is 1. The van der Waals surface area contributed by atoms with E-state index in [4.69, 9.17) is 42.6 Å². The smallest absolute Gasteiger partial charge is 0.422 e. The van der Waals surface area contributed by atoms with Crippen molar-refractivity contribution in [3.8, 4) is 0 Å². The molecule has 0 aromatic rings. The summed E-state index contributed by atoms with van der Waals surface area (Å²) in [5.74, 6) is -1.57. The van der Waals surface area contributed by atoms with Gasteiger partial charge in [0.25, 0.3) is 11.8 Å². The van der Waals surface area contributed by atoms with Crippen LogP contribution in [0.5, 0.6) is 0 Å². The van der Waals surface area contributed by atoms with Gasteiger partial charge in [-0.2, -0.15) is 13.2 Å². The lowest BCUT2D eigenvalue weighted by Crippen LogP contribution is -2.43. The van der Waals surface area contributed by atoms with E-state index in [1.54, 1.807) is 48.5 Å². The summed E-state index contributed by atoms with van der Waals surface area (Å²) in [5.41, 5.74) is -0.101. The van der Waals surface area contributed by atoms with E-state index in [1.807, 2.05) is 13.8 Å². The van der Waals surface area contributed by atoms with Crippen LogP contribution < -0.4 is 0 Å². The number of halogens is 3. The van der Waals surface area contributed by atoms with Gasteiger partial charge in [-0.05, 0) is 58.4 Å². The molecule has 0 bridgehead atoms. The van der Waals surface area contributed by atoms with Crippen molar-refractivity contribution < 1.29 is 108 Å². The Kier molecular flexibility index (Phi) is 57.5. The van der Waals surface area contributed by atoms with Gasteiger partial charge >= 0.3 is 24.1 Å². The van der Waals surface area contributed by atoms with E-state index in [2.05, 4.69) is 97.8 Å². The van der Waals surface area contributed by atoms with Crippen LogP contribution in [0.25, 0.3) is 0 Å². The first-order valence-corrected chi connectivity index (χ1v) is 29.1. The molecule has 89 heavy (non-hydrogen) atoms. The van der Waals surface area contributed by atoms with E-state index in [-0.39, 0.29) is 29.2 Å². The molecular weight excluding hydrogens is 1170 g/mol. The molecule has 518 valence electrons. The number of ketones is 1. The number of methoxy groups -OCH3 is 8. The fourth-order valence-electron chi connectivity index (χ4n) is 6.43. The second-order valence-corrected chi connectivity index (χ2v) is 21.4. The molecule has 0 aromatic carbocycles. The van der Waals surface area contributed by atoms with Crippen LogP contribution in [0.4, 0.5) is 13.2 Å². The highest BCUT2D eigenvalue weighted by atomic mass is 19.4. The van der Waals surface area contributed by atoms with Crippen molar-refractivity contribution in [2.24, 2.45) is 16.7 Å². The van der Waals surface area contributed by atoms with Gasteiger partial charge in [0, 0.05) is 76.5 Å². The predicted molar refractivity (Wildman–Crippen MR) is 337 cm³/mol.